The maximum Gasteiger partial charge on any atom is 0.225 e. The largest absolute Gasteiger partial charge is 0.377 e. The number of ether oxygens (including phenoxy) is 1. The Hall–Kier alpha value is -1.47. The van der Waals surface area contributed by atoms with Gasteiger partial charge in [0.25, 0.3) is 0 Å². The summed E-state index contributed by atoms with van der Waals surface area (Å²) in [7, 11) is 0. The normalized spacial score (nSPS) is 28.3. The first kappa shape index (κ1) is 18.3. The summed E-state index contributed by atoms with van der Waals surface area (Å²) < 4.78 is 10.9. The molecule has 25 heavy (non-hydrogen) atoms. The van der Waals surface area contributed by atoms with Gasteiger partial charge in [-0.3, -0.25) is 4.79 Å². The number of carbonyl (C=O) groups is 1. The fourth-order valence-electron chi connectivity index (χ4n) is 3.98. The predicted octanol–water partition coefficient (Wildman–Crippen LogP) is 2.01. The van der Waals surface area contributed by atoms with E-state index < -0.39 is 0 Å². The molecule has 1 aliphatic carbocycles. The molecule has 2 heterocycles. The Kier molecular flexibility index (Phi) is 6.06. The van der Waals surface area contributed by atoms with E-state index in [4.69, 9.17) is 15.0 Å². The van der Waals surface area contributed by atoms with Crippen LogP contribution in [0.3, 0.4) is 0 Å². The Morgan fingerprint density at radius 2 is 2.08 bits per heavy atom. The molecule has 140 valence electrons. The van der Waals surface area contributed by atoms with Crippen LogP contribution in [-0.4, -0.2) is 52.8 Å². The average Bonchev–Trinajstić information content (AvgIpc) is 3.06. The van der Waals surface area contributed by atoms with Gasteiger partial charge in [-0.25, -0.2) is 0 Å². The van der Waals surface area contributed by atoms with Crippen molar-refractivity contribution in [2.45, 2.75) is 70.4 Å². The zero-order chi connectivity index (χ0) is 17.8. The number of piperidine rings is 1. The molecule has 0 unspecified atom stereocenters. The summed E-state index contributed by atoms with van der Waals surface area (Å²) >= 11 is 0. The highest BCUT2D eigenvalue weighted by molar-refractivity contribution is 5.79. The SMILES string of the molecule is CCCO[C@@H]1CC[C@H](C(=O)N2CCC(c3noc(C)n3)CC2)C[C@H]1N. The second-order valence-electron chi connectivity index (χ2n) is 7.35. The number of carbonyl (C=O) groups excluding carboxylic acids is 1. The van der Waals surface area contributed by atoms with Crippen molar-refractivity contribution >= 4 is 5.91 Å². The lowest BCUT2D eigenvalue weighted by molar-refractivity contribution is -0.139. The monoisotopic (exact) mass is 350 g/mol. The van der Waals surface area contributed by atoms with Crippen LogP contribution in [0.15, 0.2) is 4.52 Å². The van der Waals surface area contributed by atoms with Crippen molar-refractivity contribution in [3.05, 3.63) is 11.7 Å². The molecule has 1 aromatic heterocycles. The standard InChI is InChI=1S/C18H30N4O3/c1-3-10-24-16-5-4-14(11-15(16)19)18(23)22-8-6-13(7-9-22)17-20-12(2)25-21-17/h13-16H,3-11,19H2,1-2H3/t14-,15+,16+/m0/s1. The van der Waals surface area contributed by atoms with Gasteiger partial charge < -0.3 is 19.9 Å². The smallest absolute Gasteiger partial charge is 0.225 e. The maximum absolute atomic E-state index is 12.8. The first-order chi connectivity index (χ1) is 12.1. The summed E-state index contributed by atoms with van der Waals surface area (Å²) in [6.45, 7) is 6.18. The van der Waals surface area contributed by atoms with E-state index in [2.05, 4.69) is 17.1 Å². The van der Waals surface area contributed by atoms with Crippen LogP contribution in [0.4, 0.5) is 0 Å². The summed E-state index contributed by atoms with van der Waals surface area (Å²) in [5.41, 5.74) is 6.26. The molecule has 0 spiro atoms. The number of aryl methyl sites for hydroxylation is 1. The predicted molar refractivity (Wildman–Crippen MR) is 92.9 cm³/mol. The highest BCUT2D eigenvalue weighted by Crippen LogP contribution is 2.31. The minimum atomic E-state index is -0.0332. The van der Waals surface area contributed by atoms with Gasteiger partial charge in [0, 0.05) is 44.5 Å². The van der Waals surface area contributed by atoms with E-state index in [-0.39, 0.29) is 24.0 Å². The lowest BCUT2D eigenvalue weighted by Crippen LogP contribution is -2.48. The van der Waals surface area contributed by atoms with Gasteiger partial charge in [-0.15, -0.1) is 0 Å². The summed E-state index contributed by atoms with van der Waals surface area (Å²) in [6, 6.07) is -0.0332. The summed E-state index contributed by atoms with van der Waals surface area (Å²) in [4.78, 5) is 19.2. The molecule has 0 radical (unpaired) electrons. The highest BCUT2D eigenvalue weighted by Gasteiger charge is 2.36. The van der Waals surface area contributed by atoms with Gasteiger partial charge in [-0.1, -0.05) is 12.1 Å². The van der Waals surface area contributed by atoms with Crippen molar-refractivity contribution in [3.8, 4) is 0 Å². The second-order valence-corrected chi connectivity index (χ2v) is 7.35. The van der Waals surface area contributed by atoms with Gasteiger partial charge in [0.1, 0.15) is 0 Å². The van der Waals surface area contributed by atoms with E-state index in [1.807, 2.05) is 4.90 Å². The molecule has 7 heteroatoms. The number of nitrogens with zero attached hydrogens (tertiary/aromatic N) is 3. The topological polar surface area (TPSA) is 94.5 Å². The number of hydrogen-bond donors (Lipinski definition) is 1. The number of amides is 1. The lowest BCUT2D eigenvalue weighted by atomic mass is 9.82. The molecule has 1 saturated heterocycles. The number of hydrogen-bond acceptors (Lipinski definition) is 6. The average molecular weight is 350 g/mol. The third-order valence-electron chi connectivity index (χ3n) is 5.43. The number of rotatable bonds is 5. The molecule has 3 atom stereocenters. The van der Waals surface area contributed by atoms with Crippen molar-refractivity contribution in [2.75, 3.05) is 19.7 Å². The molecule has 1 amide bonds. The van der Waals surface area contributed by atoms with E-state index in [1.165, 1.54) is 0 Å². The van der Waals surface area contributed by atoms with Crippen molar-refractivity contribution in [1.29, 1.82) is 0 Å². The Morgan fingerprint density at radius 3 is 2.68 bits per heavy atom. The van der Waals surface area contributed by atoms with Crippen LogP contribution >= 0.6 is 0 Å². The molecule has 1 aliphatic heterocycles. The molecule has 2 fully saturated rings. The van der Waals surface area contributed by atoms with Crippen molar-refractivity contribution in [2.24, 2.45) is 11.7 Å². The third-order valence-corrected chi connectivity index (χ3v) is 5.43. The molecule has 1 saturated carbocycles. The minimum absolute atomic E-state index is 0.0332. The molecule has 2 aliphatic rings. The summed E-state index contributed by atoms with van der Waals surface area (Å²) in [5, 5.41) is 4.02. The first-order valence-electron chi connectivity index (χ1n) is 9.54. The summed E-state index contributed by atoms with van der Waals surface area (Å²) in [5.74, 6) is 1.97. The number of likely N-dealkylation sites (tertiary alicyclic amines) is 1. The molecule has 1 aromatic rings. The Morgan fingerprint density at radius 1 is 1.32 bits per heavy atom. The molecule has 0 aromatic carbocycles. The van der Waals surface area contributed by atoms with E-state index >= 15 is 0 Å². The molecule has 0 bridgehead atoms. The fraction of sp³-hybridized carbons (Fsp3) is 0.833. The van der Waals surface area contributed by atoms with E-state index in [1.54, 1.807) is 6.92 Å². The Balaban J connectivity index is 1.48. The second kappa shape index (κ2) is 8.27. The Bertz CT molecular complexity index is 568. The van der Waals surface area contributed by atoms with Crippen LogP contribution in [0.2, 0.25) is 0 Å². The van der Waals surface area contributed by atoms with Gasteiger partial charge in [0.2, 0.25) is 11.8 Å². The first-order valence-corrected chi connectivity index (χ1v) is 9.54. The van der Waals surface area contributed by atoms with Gasteiger partial charge in [0.05, 0.1) is 6.10 Å². The fourth-order valence-corrected chi connectivity index (χ4v) is 3.98. The van der Waals surface area contributed by atoms with Crippen molar-refractivity contribution in [3.63, 3.8) is 0 Å². The minimum Gasteiger partial charge on any atom is -0.377 e. The number of aromatic nitrogens is 2. The van der Waals surface area contributed by atoms with Crippen LogP contribution in [0.5, 0.6) is 0 Å². The van der Waals surface area contributed by atoms with Crippen LogP contribution in [0, 0.1) is 12.8 Å². The molecule has 2 N–H and O–H groups in total. The molecular formula is C18H30N4O3. The van der Waals surface area contributed by atoms with E-state index in [9.17, 15) is 4.79 Å². The maximum atomic E-state index is 12.8. The van der Waals surface area contributed by atoms with Crippen LogP contribution in [-0.2, 0) is 9.53 Å². The van der Waals surface area contributed by atoms with Gasteiger partial charge in [-0.2, -0.15) is 4.98 Å². The van der Waals surface area contributed by atoms with Gasteiger partial charge >= 0.3 is 0 Å². The molecule has 7 nitrogen and oxygen atoms in total. The lowest BCUT2D eigenvalue weighted by Gasteiger charge is -2.37. The van der Waals surface area contributed by atoms with E-state index in [0.29, 0.717) is 11.8 Å². The number of nitrogens with two attached hydrogens (primary N) is 1. The van der Waals surface area contributed by atoms with Crippen molar-refractivity contribution < 1.29 is 14.1 Å². The third kappa shape index (κ3) is 4.39. The summed E-state index contributed by atoms with van der Waals surface area (Å²) in [6.07, 6.45) is 5.40. The van der Waals surface area contributed by atoms with Gasteiger partial charge in [-0.05, 0) is 38.5 Å². The zero-order valence-electron chi connectivity index (χ0n) is 15.3. The quantitative estimate of drug-likeness (QED) is 0.873. The Labute approximate surface area is 149 Å². The van der Waals surface area contributed by atoms with Crippen molar-refractivity contribution in [1.82, 2.24) is 15.0 Å². The van der Waals surface area contributed by atoms with Crippen LogP contribution in [0.1, 0.15) is 63.1 Å². The van der Waals surface area contributed by atoms with Crippen LogP contribution < -0.4 is 5.73 Å². The van der Waals surface area contributed by atoms with E-state index in [0.717, 1.165) is 64.0 Å². The van der Waals surface area contributed by atoms with Gasteiger partial charge in [0.15, 0.2) is 5.82 Å². The molecular weight excluding hydrogens is 320 g/mol. The highest BCUT2D eigenvalue weighted by atomic mass is 16.5. The van der Waals surface area contributed by atoms with Crippen LogP contribution in [0.25, 0.3) is 0 Å². The molecule has 3 rings (SSSR count). The zero-order valence-corrected chi connectivity index (χ0v) is 15.3.